The van der Waals surface area contributed by atoms with E-state index in [1.165, 1.54) is 12.2 Å². The molecule has 6 nitrogen and oxygen atoms in total. The Labute approximate surface area is 145 Å². The van der Waals surface area contributed by atoms with Crippen molar-refractivity contribution in [3.05, 3.63) is 47.5 Å². The Morgan fingerprint density at radius 1 is 0.840 bits per heavy atom. The van der Waals surface area contributed by atoms with Crippen molar-refractivity contribution in [1.82, 2.24) is 0 Å². The van der Waals surface area contributed by atoms with Gasteiger partial charge in [0.1, 0.15) is 22.9 Å². The predicted molar refractivity (Wildman–Crippen MR) is 93.6 cm³/mol. The molecule has 6 heteroatoms. The van der Waals surface area contributed by atoms with E-state index in [0.717, 1.165) is 16.9 Å². The monoisotopic (exact) mass is 338 g/mol. The van der Waals surface area contributed by atoms with Gasteiger partial charge in [-0.1, -0.05) is 18.2 Å². The van der Waals surface area contributed by atoms with Gasteiger partial charge in [-0.05, 0) is 49.6 Å². The first-order chi connectivity index (χ1) is 12.2. The fourth-order valence-electron chi connectivity index (χ4n) is 2.43. The van der Waals surface area contributed by atoms with E-state index in [9.17, 15) is 9.59 Å². The minimum atomic E-state index is 0.184. The maximum absolute atomic E-state index is 10.8. The van der Waals surface area contributed by atoms with E-state index in [1.54, 1.807) is 12.1 Å². The van der Waals surface area contributed by atoms with E-state index in [-0.39, 0.29) is 11.4 Å². The van der Waals surface area contributed by atoms with Crippen LogP contribution in [0.15, 0.2) is 46.4 Å². The third kappa shape index (κ3) is 4.64. The molecule has 0 heterocycles. The molecule has 0 aromatic heterocycles. The van der Waals surface area contributed by atoms with Gasteiger partial charge in [0.25, 0.3) is 0 Å². The Kier molecular flexibility index (Phi) is 6.66. The first-order valence-electron chi connectivity index (χ1n) is 7.89. The highest BCUT2D eigenvalue weighted by molar-refractivity contribution is 5.77. The number of rotatable bonds is 8. The SMILES string of the molecule is CCOc1ccc(Cc2ccc(OCC)c(N=C=O)c2N=C=O)cc1. The van der Waals surface area contributed by atoms with Crippen molar-refractivity contribution in [2.24, 2.45) is 9.98 Å². The Bertz CT molecular complexity index is 818. The summed E-state index contributed by atoms with van der Waals surface area (Å²) in [6.45, 7) is 4.73. The number of nitrogens with zero attached hydrogens (tertiary/aromatic N) is 2. The van der Waals surface area contributed by atoms with Crippen molar-refractivity contribution < 1.29 is 19.1 Å². The van der Waals surface area contributed by atoms with Crippen molar-refractivity contribution in [3.8, 4) is 11.5 Å². The summed E-state index contributed by atoms with van der Waals surface area (Å²) >= 11 is 0. The van der Waals surface area contributed by atoms with Gasteiger partial charge in [-0.2, -0.15) is 9.98 Å². The van der Waals surface area contributed by atoms with Gasteiger partial charge in [0.15, 0.2) is 0 Å². The maximum atomic E-state index is 10.8. The highest BCUT2D eigenvalue weighted by atomic mass is 16.5. The molecule has 0 N–H and O–H groups in total. The molecule has 0 radical (unpaired) electrons. The number of isocyanates is 2. The van der Waals surface area contributed by atoms with Crippen LogP contribution in [0.2, 0.25) is 0 Å². The molecule has 128 valence electrons. The number of aliphatic imine (C=N–C) groups is 2. The molecule has 2 aromatic rings. The van der Waals surface area contributed by atoms with E-state index < -0.39 is 0 Å². The molecule has 0 saturated heterocycles. The molecule has 0 atom stereocenters. The minimum Gasteiger partial charge on any atom is -0.494 e. The van der Waals surface area contributed by atoms with Crippen molar-refractivity contribution in [3.63, 3.8) is 0 Å². The number of hydrogen-bond donors (Lipinski definition) is 0. The summed E-state index contributed by atoms with van der Waals surface area (Å²) in [6, 6.07) is 11.1. The summed E-state index contributed by atoms with van der Waals surface area (Å²) in [4.78, 5) is 29.0. The van der Waals surface area contributed by atoms with Crippen LogP contribution >= 0.6 is 0 Å². The number of hydrogen-bond acceptors (Lipinski definition) is 6. The molecule has 25 heavy (non-hydrogen) atoms. The number of carbonyl (C=O) groups excluding carboxylic acids is 2. The lowest BCUT2D eigenvalue weighted by atomic mass is 10.0. The van der Waals surface area contributed by atoms with Gasteiger partial charge in [-0.15, -0.1) is 0 Å². The Hall–Kier alpha value is -3.20. The third-order valence-corrected chi connectivity index (χ3v) is 3.44. The van der Waals surface area contributed by atoms with Crippen molar-refractivity contribution in [2.75, 3.05) is 13.2 Å². The van der Waals surface area contributed by atoms with Gasteiger partial charge in [-0.3, -0.25) is 0 Å². The summed E-state index contributed by atoms with van der Waals surface area (Å²) in [5, 5.41) is 0. The molecular formula is C19H18N2O4. The van der Waals surface area contributed by atoms with Crippen LogP contribution in [-0.2, 0) is 16.0 Å². The van der Waals surface area contributed by atoms with Crippen LogP contribution in [0, 0.1) is 0 Å². The fourth-order valence-corrected chi connectivity index (χ4v) is 2.43. The van der Waals surface area contributed by atoms with E-state index >= 15 is 0 Å². The predicted octanol–water partition coefficient (Wildman–Crippen LogP) is 4.01. The van der Waals surface area contributed by atoms with Crippen LogP contribution in [0.4, 0.5) is 11.4 Å². The van der Waals surface area contributed by atoms with E-state index in [0.29, 0.717) is 25.4 Å². The molecule has 0 aliphatic heterocycles. The summed E-state index contributed by atoms with van der Waals surface area (Å²) < 4.78 is 10.9. The molecule has 0 fully saturated rings. The molecule has 0 amide bonds. The van der Waals surface area contributed by atoms with E-state index in [1.807, 2.05) is 38.1 Å². The van der Waals surface area contributed by atoms with Crippen LogP contribution in [0.25, 0.3) is 0 Å². The largest absolute Gasteiger partial charge is 0.494 e. The highest BCUT2D eigenvalue weighted by Crippen LogP contribution is 2.41. The Balaban J connectivity index is 2.44. The lowest BCUT2D eigenvalue weighted by Gasteiger charge is -2.12. The lowest BCUT2D eigenvalue weighted by molar-refractivity contribution is 0.340. The van der Waals surface area contributed by atoms with E-state index in [2.05, 4.69) is 9.98 Å². The van der Waals surface area contributed by atoms with Crippen LogP contribution in [0.1, 0.15) is 25.0 Å². The van der Waals surface area contributed by atoms with Crippen LogP contribution in [0.5, 0.6) is 11.5 Å². The van der Waals surface area contributed by atoms with Crippen molar-refractivity contribution in [2.45, 2.75) is 20.3 Å². The summed E-state index contributed by atoms with van der Waals surface area (Å²) in [5.41, 5.74) is 2.17. The molecular weight excluding hydrogens is 320 g/mol. The molecule has 0 spiro atoms. The van der Waals surface area contributed by atoms with Gasteiger partial charge in [0.2, 0.25) is 12.2 Å². The van der Waals surface area contributed by atoms with Crippen molar-refractivity contribution in [1.29, 1.82) is 0 Å². The van der Waals surface area contributed by atoms with Crippen LogP contribution < -0.4 is 9.47 Å². The smallest absolute Gasteiger partial charge is 0.240 e. The van der Waals surface area contributed by atoms with Crippen LogP contribution in [-0.4, -0.2) is 25.4 Å². The van der Waals surface area contributed by atoms with E-state index in [4.69, 9.17) is 9.47 Å². The highest BCUT2D eigenvalue weighted by Gasteiger charge is 2.15. The summed E-state index contributed by atoms with van der Waals surface area (Å²) in [6.07, 6.45) is 3.50. The normalized spacial score (nSPS) is 9.68. The molecule has 2 rings (SSSR count). The maximum Gasteiger partial charge on any atom is 0.240 e. The molecule has 0 unspecified atom stereocenters. The van der Waals surface area contributed by atoms with Gasteiger partial charge in [0, 0.05) is 0 Å². The van der Waals surface area contributed by atoms with Gasteiger partial charge in [-0.25, -0.2) is 9.59 Å². The second kappa shape index (κ2) is 9.18. The third-order valence-electron chi connectivity index (χ3n) is 3.44. The zero-order valence-corrected chi connectivity index (χ0v) is 14.1. The average Bonchev–Trinajstić information content (AvgIpc) is 2.62. The van der Waals surface area contributed by atoms with Gasteiger partial charge in [0.05, 0.1) is 13.2 Å². The molecule has 0 aliphatic carbocycles. The standard InChI is InChI=1S/C19H18N2O4/c1-3-24-16-8-5-14(6-9-16)11-15-7-10-17(25-4-2)19(21-13-23)18(15)20-12-22/h5-10H,3-4,11H2,1-2H3. The molecule has 0 saturated carbocycles. The van der Waals surface area contributed by atoms with Crippen LogP contribution in [0.3, 0.4) is 0 Å². The number of benzene rings is 2. The molecule has 0 aliphatic rings. The van der Waals surface area contributed by atoms with Gasteiger partial charge < -0.3 is 9.47 Å². The zero-order chi connectivity index (χ0) is 18.1. The quantitative estimate of drug-likeness (QED) is 0.538. The fraction of sp³-hybridized carbons (Fsp3) is 0.263. The summed E-state index contributed by atoms with van der Waals surface area (Å²) in [5.74, 6) is 1.16. The number of ether oxygens (including phenoxy) is 2. The van der Waals surface area contributed by atoms with Crippen molar-refractivity contribution >= 4 is 23.5 Å². The minimum absolute atomic E-state index is 0.184. The second-order valence-corrected chi connectivity index (χ2v) is 5.01. The van der Waals surface area contributed by atoms with Gasteiger partial charge >= 0.3 is 0 Å². The Morgan fingerprint density at radius 3 is 2.08 bits per heavy atom. The summed E-state index contributed by atoms with van der Waals surface area (Å²) in [7, 11) is 0. The average molecular weight is 338 g/mol. The second-order valence-electron chi connectivity index (χ2n) is 5.01. The first kappa shape index (κ1) is 18.1. The zero-order valence-electron chi connectivity index (χ0n) is 14.1. The first-order valence-corrected chi connectivity index (χ1v) is 7.89. The lowest BCUT2D eigenvalue weighted by Crippen LogP contribution is -1.96. The topological polar surface area (TPSA) is 77.3 Å². The Morgan fingerprint density at radius 2 is 1.48 bits per heavy atom. The molecule has 0 bridgehead atoms. The molecule has 2 aromatic carbocycles.